The molecule has 1 saturated heterocycles. The average molecular weight is 591 g/mol. The molecule has 2 aliphatic rings. The van der Waals surface area contributed by atoms with Crippen molar-refractivity contribution < 1.29 is 23.5 Å². The lowest BCUT2D eigenvalue weighted by molar-refractivity contribution is -0.130. The van der Waals surface area contributed by atoms with Crippen molar-refractivity contribution >= 4 is 63.1 Å². The number of benzene rings is 2. The maximum absolute atomic E-state index is 13.3. The zero-order chi connectivity index (χ0) is 28.7. The Bertz CT molecular complexity index is 1690. The van der Waals surface area contributed by atoms with Crippen molar-refractivity contribution in [3.8, 4) is 5.75 Å². The minimum absolute atomic E-state index is 0. The number of carbonyl (C=O) groups excluding carboxylic acids is 3. The van der Waals surface area contributed by atoms with Gasteiger partial charge < -0.3 is 18.6 Å². The van der Waals surface area contributed by atoms with Crippen molar-refractivity contribution in [2.45, 2.75) is 33.2 Å². The molecular formula is C32H35ClN4O5. The Morgan fingerprint density at radius 2 is 1.74 bits per heavy atom. The summed E-state index contributed by atoms with van der Waals surface area (Å²) in [6, 6.07) is 13.5. The maximum Gasteiger partial charge on any atom is 0.259 e. The van der Waals surface area contributed by atoms with Gasteiger partial charge in [0.25, 0.3) is 11.8 Å². The van der Waals surface area contributed by atoms with E-state index in [1.54, 1.807) is 13.2 Å². The summed E-state index contributed by atoms with van der Waals surface area (Å²) >= 11 is 0. The quantitative estimate of drug-likeness (QED) is 0.232. The number of para-hydroxylation sites is 1. The van der Waals surface area contributed by atoms with Crippen LogP contribution in [-0.4, -0.2) is 71.4 Å². The largest absolute Gasteiger partial charge is 0.494 e. The number of nitrogens with one attached hydrogen (secondary N) is 1. The summed E-state index contributed by atoms with van der Waals surface area (Å²) in [4.78, 5) is 42.2. The molecule has 0 aliphatic carbocycles. The predicted molar refractivity (Wildman–Crippen MR) is 165 cm³/mol. The summed E-state index contributed by atoms with van der Waals surface area (Å²) in [6.45, 7) is 10.5. The number of aromatic nitrogens is 1. The molecule has 0 spiro atoms. The van der Waals surface area contributed by atoms with Gasteiger partial charge in [0.1, 0.15) is 11.3 Å². The molecule has 0 unspecified atom stereocenters. The first kappa shape index (κ1) is 29.4. The third-order valence-corrected chi connectivity index (χ3v) is 8.01. The number of piperazine rings is 1. The number of halogens is 1. The number of furan rings is 1. The summed E-state index contributed by atoms with van der Waals surface area (Å²) in [7, 11) is 0. The third kappa shape index (κ3) is 5.42. The number of hydrogen-bond acceptors (Lipinski definition) is 6. The fraction of sp³-hybridized carbons (Fsp3) is 0.344. The van der Waals surface area contributed by atoms with E-state index in [-0.39, 0.29) is 24.4 Å². The molecule has 0 saturated carbocycles. The van der Waals surface area contributed by atoms with Crippen LogP contribution in [0.15, 0.2) is 59.3 Å². The first-order chi connectivity index (χ1) is 19.8. The number of hydrogen-bond donors (Lipinski definition) is 1. The molecule has 220 valence electrons. The van der Waals surface area contributed by atoms with Crippen LogP contribution in [0, 0.1) is 0 Å². The van der Waals surface area contributed by atoms with E-state index in [4.69, 9.17) is 9.15 Å². The number of nitrogens with zero attached hydrogens (tertiary/aromatic N) is 3. The Morgan fingerprint density at radius 1 is 1.00 bits per heavy atom. The first-order valence-electron chi connectivity index (χ1n) is 14.1. The van der Waals surface area contributed by atoms with Crippen molar-refractivity contribution in [2.24, 2.45) is 0 Å². The summed E-state index contributed by atoms with van der Waals surface area (Å²) in [5.74, 6) is -0.0143. The van der Waals surface area contributed by atoms with Gasteiger partial charge in [-0.25, -0.2) is 0 Å². The SMILES string of the molecule is CC(=O)N1CCN(CCCOc2ccc3c(c2)c(C2=C(c4cccc5ccoc45)C(=O)NC2=O)cn3C(C)C)CC1.Cl. The number of rotatable bonds is 8. The summed E-state index contributed by atoms with van der Waals surface area (Å²) in [6.07, 6.45) is 4.40. The zero-order valence-corrected chi connectivity index (χ0v) is 24.8. The van der Waals surface area contributed by atoms with Gasteiger partial charge in [0.15, 0.2) is 0 Å². The van der Waals surface area contributed by atoms with Crippen molar-refractivity contribution in [3.63, 3.8) is 0 Å². The topological polar surface area (TPSA) is 97.0 Å². The van der Waals surface area contributed by atoms with E-state index in [0.717, 1.165) is 55.4 Å². The second kappa shape index (κ2) is 12.0. The molecule has 3 amide bonds. The van der Waals surface area contributed by atoms with Gasteiger partial charge in [0, 0.05) is 79.3 Å². The van der Waals surface area contributed by atoms with Gasteiger partial charge in [-0.05, 0) is 44.5 Å². The van der Waals surface area contributed by atoms with Gasteiger partial charge in [0.05, 0.1) is 24.0 Å². The molecule has 1 N–H and O–H groups in total. The van der Waals surface area contributed by atoms with E-state index in [9.17, 15) is 14.4 Å². The highest BCUT2D eigenvalue weighted by molar-refractivity contribution is 6.50. The molecule has 2 aromatic carbocycles. The van der Waals surface area contributed by atoms with Crippen LogP contribution >= 0.6 is 12.4 Å². The number of ether oxygens (including phenoxy) is 1. The Balaban J connectivity index is 0.00000353. The van der Waals surface area contributed by atoms with Crippen LogP contribution in [0.4, 0.5) is 0 Å². The molecule has 6 rings (SSSR count). The lowest BCUT2D eigenvalue weighted by atomic mass is 9.95. The number of carbonyl (C=O) groups is 3. The smallest absolute Gasteiger partial charge is 0.259 e. The van der Waals surface area contributed by atoms with Crippen LogP contribution in [0.3, 0.4) is 0 Å². The number of amides is 3. The van der Waals surface area contributed by atoms with Gasteiger partial charge in [0.2, 0.25) is 5.91 Å². The van der Waals surface area contributed by atoms with Crippen LogP contribution < -0.4 is 10.1 Å². The number of fused-ring (bicyclic) bond motifs is 2. The van der Waals surface area contributed by atoms with E-state index < -0.39 is 11.8 Å². The van der Waals surface area contributed by atoms with E-state index in [2.05, 4.69) is 28.6 Å². The van der Waals surface area contributed by atoms with Gasteiger partial charge in [-0.3, -0.25) is 24.6 Å². The Kier molecular flexibility index (Phi) is 8.43. The van der Waals surface area contributed by atoms with Crippen molar-refractivity contribution in [1.82, 2.24) is 19.7 Å². The molecule has 0 atom stereocenters. The molecule has 0 radical (unpaired) electrons. The summed E-state index contributed by atoms with van der Waals surface area (Å²) < 4.78 is 14.0. The van der Waals surface area contributed by atoms with Crippen LogP contribution in [-0.2, 0) is 14.4 Å². The molecule has 1 fully saturated rings. The standard InChI is InChI=1S/C32H34N4O5.ClH/c1-20(2)36-19-26(29-28(31(38)33-32(29)39)24-7-4-6-22-10-17-41-30(22)24)25-18-23(8-9-27(25)36)40-16-5-11-34-12-14-35(15-13-34)21(3)37;/h4,6-10,17-20H,5,11-16H2,1-3H3,(H,33,38,39);1H. The highest BCUT2D eigenvalue weighted by atomic mass is 35.5. The lowest BCUT2D eigenvalue weighted by Crippen LogP contribution is -2.48. The monoisotopic (exact) mass is 590 g/mol. The molecular weight excluding hydrogens is 556 g/mol. The molecule has 4 aromatic rings. The minimum atomic E-state index is -0.434. The minimum Gasteiger partial charge on any atom is -0.494 e. The highest BCUT2D eigenvalue weighted by Gasteiger charge is 2.35. The molecule has 10 heteroatoms. The average Bonchev–Trinajstić information content (AvgIpc) is 3.66. The number of imide groups is 1. The van der Waals surface area contributed by atoms with Gasteiger partial charge in [-0.1, -0.05) is 18.2 Å². The van der Waals surface area contributed by atoms with Crippen molar-refractivity contribution in [2.75, 3.05) is 39.3 Å². The third-order valence-electron chi connectivity index (χ3n) is 8.01. The summed E-state index contributed by atoms with van der Waals surface area (Å²) in [5, 5.41) is 4.22. The molecule has 9 nitrogen and oxygen atoms in total. The molecule has 4 heterocycles. The van der Waals surface area contributed by atoms with Crippen LogP contribution in [0.25, 0.3) is 33.0 Å². The second-order valence-electron chi connectivity index (χ2n) is 11.0. The Hall–Kier alpha value is -4.08. The van der Waals surface area contributed by atoms with Crippen LogP contribution in [0.2, 0.25) is 0 Å². The van der Waals surface area contributed by atoms with E-state index in [1.165, 1.54) is 0 Å². The van der Waals surface area contributed by atoms with Crippen molar-refractivity contribution in [1.29, 1.82) is 0 Å². The van der Waals surface area contributed by atoms with Crippen LogP contribution in [0.5, 0.6) is 5.75 Å². The predicted octanol–water partition coefficient (Wildman–Crippen LogP) is 4.89. The lowest BCUT2D eigenvalue weighted by Gasteiger charge is -2.34. The Labute approximate surface area is 250 Å². The molecule has 2 aliphatic heterocycles. The van der Waals surface area contributed by atoms with Gasteiger partial charge in [-0.15, -0.1) is 12.4 Å². The van der Waals surface area contributed by atoms with E-state index >= 15 is 0 Å². The molecule has 2 aromatic heterocycles. The zero-order valence-electron chi connectivity index (χ0n) is 24.0. The van der Waals surface area contributed by atoms with Crippen molar-refractivity contribution in [3.05, 3.63) is 66.1 Å². The van der Waals surface area contributed by atoms with Gasteiger partial charge in [-0.2, -0.15) is 0 Å². The van der Waals surface area contributed by atoms with Crippen LogP contribution in [0.1, 0.15) is 44.4 Å². The Morgan fingerprint density at radius 3 is 2.45 bits per heavy atom. The normalized spacial score (nSPS) is 16.0. The highest BCUT2D eigenvalue weighted by Crippen LogP contribution is 2.40. The molecule has 0 bridgehead atoms. The van der Waals surface area contributed by atoms with E-state index in [1.807, 2.05) is 53.6 Å². The van der Waals surface area contributed by atoms with Gasteiger partial charge >= 0.3 is 0 Å². The molecule has 42 heavy (non-hydrogen) atoms. The fourth-order valence-corrected chi connectivity index (χ4v) is 5.87. The van der Waals surface area contributed by atoms with E-state index in [0.29, 0.717) is 40.2 Å². The second-order valence-corrected chi connectivity index (χ2v) is 11.0. The first-order valence-corrected chi connectivity index (χ1v) is 14.1. The summed E-state index contributed by atoms with van der Waals surface area (Å²) in [5.41, 5.74) is 3.46. The fourth-order valence-electron chi connectivity index (χ4n) is 5.87. The maximum atomic E-state index is 13.3.